The number of nitrogens with zero attached hydrogens (tertiary/aromatic N) is 2. The van der Waals surface area contributed by atoms with Crippen LogP contribution in [-0.2, 0) is 0 Å². The summed E-state index contributed by atoms with van der Waals surface area (Å²) in [6.07, 6.45) is 1.91. The van der Waals surface area contributed by atoms with Crippen LogP contribution in [0.5, 0.6) is 0 Å². The van der Waals surface area contributed by atoms with E-state index in [-0.39, 0.29) is 5.82 Å². The summed E-state index contributed by atoms with van der Waals surface area (Å²) in [5.41, 5.74) is 4.85. The second-order valence-corrected chi connectivity index (χ2v) is 3.29. The van der Waals surface area contributed by atoms with Gasteiger partial charge in [0.05, 0.1) is 5.70 Å². The van der Waals surface area contributed by atoms with E-state index in [1.807, 2.05) is 36.4 Å². The van der Waals surface area contributed by atoms with Crippen LogP contribution in [0.3, 0.4) is 0 Å². The van der Waals surface area contributed by atoms with Crippen LogP contribution in [0.4, 0.5) is 4.39 Å². The SMILES string of the molecule is CN1C=C(c2cccc(F)c2)N(C)N1. The van der Waals surface area contributed by atoms with E-state index in [0.717, 1.165) is 11.3 Å². The van der Waals surface area contributed by atoms with Crippen molar-refractivity contribution >= 4 is 5.70 Å². The van der Waals surface area contributed by atoms with Crippen molar-refractivity contribution in [1.82, 2.24) is 15.6 Å². The summed E-state index contributed by atoms with van der Waals surface area (Å²) in [6, 6.07) is 6.54. The van der Waals surface area contributed by atoms with Gasteiger partial charge in [-0.05, 0) is 12.1 Å². The molecule has 2 rings (SSSR count). The van der Waals surface area contributed by atoms with Crippen molar-refractivity contribution in [2.75, 3.05) is 14.1 Å². The van der Waals surface area contributed by atoms with Crippen LogP contribution < -0.4 is 5.53 Å². The summed E-state index contributed by atoms with van der Waals surface area (Å²) in [5.74, 6) is -0.216. The molecule has 1 N–H and O–H groups in total. The maximum Gasteiger partial charge on any atom is 0.123 e. The molecule has 0 saturated heterocycles. The van der Waals surface area contributed by atoms with Gasteiger partial charge < -0.3 is 0 Å². The molecule has 0 aromatic heterocycles. The van der Waals surface area contributed by atoms with E-state index in [1.165, 1.54) is 12.1 Å². The predicted octanol–water partition coefficient (Wildman–Crippen LogP) is 1.42. The minimum atomic E-state index is -0.216. The fourth-order valence-corrected chi connectivity index (χ4v) is 1.51. The number of benzene rings is 1. The Labute approximate surface area is 82.4 Å². The molecule has 4 heteroatoms. The Hall–Kier alpha value is -1.55. The number of halogens is 1. The number of nitrogens with one attached hydrogen (secondary N) is 1. The molecule has 3 nitrogen and oxygen atoms in total. The molecule has 74 valence electrons. The highest BCUT2D eigenvalue weighted by Crippen LogP contribution is 2.20. The molecule has 0 unspecified atom stereocenters. The van der Waals surface area contributed by atoms with Crippen LogP contribution in [0, 0.1) is 5.82 Å². The van der Waals surface area contributed by atoms with Gasteiger partial charge in [-0.2, -0.15) is 0 Å². The minimum Gasteiger partial charge on any atom is -0.299 e. The van der Waals surface area contributed by atoms with E-state index < -0.39 is 0 Å². The van der Waals surface area contributed by atoms with E-state index in [2.05, 4.69) is 5.53 Å². The smallest absolute Gasteiger partial charge is 0.123 e. The van der Waals surface area contributed by atoms with Gasteiger partial charge >= 0.3 is 0 Å². The normalized spacial score (nSPS) is 16.1. The average Bonchev–Trinajstić information content (AvgIpc) is 2.45. The van der Waals surface area contributed by atoms with Crippen LogP contribution in [0.25, 0.3) is 5.70 Å². The van der Waals surface area contributed by atoms with E-state index >= 15 is 0 Å². The molecule has 1 aliphatic heterocycles. The predicted molar refractivity (Wildman–Crippen MR) is 53.0 cm³/mol. The van der Waals surface area contributed by atoms with Gasteiger partial charge in [0.1, 0.15) is 5.82 Å². The van der Waals surface area contributed by atoms with Gasteiger partial charge in [-0.3, -0.25) is 10.0 Å². The fourth-order valence-electron chi connectivity index (χ4n) is 1.51. The molecule has 0 bridgehead atoms. The first-order chi connectivity index (χ1) is 6.66. The lowest BCUT2D eigenvalue weighted by Gasteiger charge is -2.17. The number of hydrazine groups is 2. The average molecular weight is 193 g/mol. The Morgan fingerprint density at radius 3 is 2.64 bits per heavy atom. The lowest BCUT2D eigenvalue weighted by atomic mass is 10.1. The molecule has 0 amide bonds. The highest BCUT2D eigenvalue weighted by molar-refractivity contribution is 5.64. The third-order valence-corrected chi connectivity index (χ3v) is 2.11. The van der Waals surface area contributed by atoms with Crippen LogP contribution in [0.2, 0.25) is 0 Å². The molecular formula is C10H12FN3. The van der Waals surface area contributed by atoms with E-state index in [1.54, 1.807) is 6.07 Å². The van der Waals surface area contributed by atoms with Crippen LogP contribution in [-0.4, -0.2) is 24.1 Å². The van der Waals surface area contributed by atoms with Crippen LogP contribution in [0.15, 0.2) is 30.5 Å². The molecule has 14 heavy (non-hydrogen) atoms. The maximum atomic E-state index is 13.0. The quantitative estimate of drug-likeness (QED) is 0.727. The van der Waals surface area contributed by atoms with Crippen molar-refractivity contribution in [3.63, 3.8) is 0 Å². The second-order valence-electron chi connectivity index (χ2n) is 3.29. The third kappa shape index (κ3) is 1.56. The molecule has 0 aliphatic carbocycles. The summed E-state index contributed by atoms with van der Waals surface area (Å²) < 4.78 is 13.0. The summed E-state index contributed by atoms with van der Waals surface area (Å²) in [5, 5.41) is 3.66. The molecular weight excluding hydrogens is 181 g/mol. The molecule has 0 atom stereocenters. The van der Waals surface area contributed by atoms with Gasteiger partial charge in [0.2, 0.25) is 0 Å². The largest absolute Gasteiger partial charge is 0.299 e. The van der Waals surface area contributed by atoms with Crippen molar-refractivity contribution in [1.29, 1.82) is 0 Å². The Bertz CT molecular complexity index is 375. The lowest BCUT2D eigenvalue weighted by molar-refractivity contribution is 0.199. The van der Waals surface area contributed by atoms with Gasteiger partial charge in [0.15, 0.2) is 0 Å². The Morgan fingerprint density at radius 2 is 2.07 bits per heavy atom. The highest BCUT2D eigenvalue weighted by Gasteiger charge is 2.15. The summed E-state index contributed by atoms with van der Waals surface area (Å²) in [4.78, 5) is 0. The van der Waals surface area contributed by atoms with Crippen molar-refractivity contribution in [3.05, 3.63) is 41.8 Å². The highest BCUT2D eigenvalue weighted by atomic mass is 19.1. The molecule has 0 spiro atoms. The van der Waals surface area contributed by atoms with Gasteiger partial charge in [0, 0.05) is 25.9 Å². The molecule has 1 aromatic rings. The van der Waals surface area contributed by atoms with E-state index in [4.69, 9.17) is 0 Å². The van der Waals surface area contributed by atoms with E-state index in [0.29, 0.717) is 0 Å². The Balaban J connectivity index is 2.36. The van der Waals surface area contributed by atoms with Crippen LogP contribution >= 0.6 is 0 Å². The van der Waals surface area contributed by atoms with Gasteiger partial charge in [-0.1, -0.05) is 12.1 Å². The summed E-state index contributed by atoms with van der Waals surface area (Å²) >= 11 is 0. The van der Waals surface area contributed by atoms with Crippen molar-refractivity contribution in [2.24, 2.45) is 0 Å². The molecule has 0 saturated carbocycles. The third-order valence-electron chi connectivity index (χ3n) is 2.11. The summed E-state index contributed by atoms with van der Waals surface area (Å²) in [7, 11) is 3.78. The van der Waals surface area contributed by atoms with Crippen molar-refractivity contribution in [2.45, 2.75) is 0 Å². The summed E-state index contributed by atoms with van der Waals surface area (Å²) in [6.45, 7) is 0. The number of hydrogen-bond acceptors (Lipinski definition) is 3. The minimum absolute atomic E-state index is 0.216. The standard InChI is InChI=1S/C10H12FN3/c1-13-7-10(14(2)12-13)8-4-3-5-9(11)6-8/h3-7,12H,1-2H3. The maximum absolute atomic E-state index is 13.0. The first-order valence-corrected chi connectivity index (χ1v) is 4.37. The Kier molecular flexibility index (Phi) is 2.13. The molecule has 1 aliphatic rings. The van der Waals surface area contributed by atoms with Crippen LogP contribution in [0.1, 0.15) is 5.56 Å². The monoisotopic (exact) mass is 193 g/mol. The Morgan fingerprint density at radius 1 is 1.29 bits per heavy atom. The van der Waals surface area contributed by atoms with E-state index in [9.17, 15) is 4.39 Å². The van der Waals surface area contributed by atoms with Gasteiger partial charge in [-0.25, -0.2) is 4.39 Å². The van der Waals surface area contributed by atoms with Gasteiger partial charge in [0.25, 0.3) is 0 Å². The fraction of sp³-hybridized carbons (Fsp3) is 0.200. The second kappa shape index (κ2) is 3.31. The lowest BCUT2D eigenvalue weighted by Crippen LogP contribution is -2.35. The zero-order chi connectivity index (χ0) is 10.1. The zero-order valence-corrected chi connectivity index (χ0v) is 8.16. The number of rotatable bonds is 1. The van der Waals surface area contributed by atoms with Crippen molar-refractivity contribution in [3.8, 4) is 0 Å². The molecule has 1 heterocycles. The van der Waals surface area contributed by atoms with Crippen molar-refractivity contribution < 1.29 is 4.39 Å². The molecule has 0 fully saturated rings. The molecule has 1 aromatic carbocycles. The molecule has 0 radical (unpaired) electrons. The first-order valence-electron chi connectivity index (χ1n) is 4.37. The topological polar surface area (TPSA) is 18.5 Å². The number of hydrogen-bond donors (Lipinski definition) is 1. The zero-order valence-electron chi connectivity index (χ0n) is 8.16. The van der Waals surface area contributed by atoms with Gasteiger partial charge in [-0.15, -0.1) is 5.53 Å². The first kappa shape index (κ1) is 9.02.